The van der Waals surface area contributed by atoms with Crippen molar-refractivity contribution in [3.05, 3.63) is 58.3 Å². The van der Waals surface area contributed by atoms with E-state index < -0.39 is 5.97 Å². The van der Waals surface area contributed by atoms with Gasteiger partial charge >= 0.3 is 5.97 Å². The lowest BCUT2D eigenvalue weighted by atomic mass is 9.93. The van der Waals surface area contributed by atoms with Crippen LogP contribution in [-0.4, -0.2) is 24.5 Å². The predicted octanol–water partition coefficient (Wildman–Crippen LogP) is 3.63. The van der Waals surface area contributed by atoms with Crippen molar-refractivity contribution in [2.24, 2.45) is 0 Å². The Balaban J connectivity index is 1.80. The van der Waals surface area contributed by atoms with Crippen LogP contribution in [0.4, 0.5) is 4.39 Å². The number of hydrogen-bond acceptors (Lipinski definition) is 4. The van der Waals surface area contributed by atoms with Crippen molar-refractivity contribution in [3.8, 4) is 0 Å². The zero-order chi connectivity index (χ0) is 16.6. The summed E-state index contributed by atoms with van der Waals surface area (Å²) in [5, 5.41) is 0. The lowest BCUT2D eigenvalue weighted by Crippen LogP contribution is -2.33. The highest BCUT2D eigenvalue weighted by molar-refractivity contribution is 5.87. The van der Waals surface area contributed by atoms with Gasteiger partial charge in [0.25, 0.3) is 0 Å². The number of benzene rings is 1. The zero-order valence-corrected chi connectivity index (χ0v) is 13.6. The maximum atomic E-state index is 13.5. The third-order valence-electron chi connectivity index (χ3n) is 4.47. The Bertz CT molecular complexity index is 738. The van der Waals surface area contributed by atoms with Crippen molar-refractivity contribution in [1.29, 1.82) is 0 Å². The fourth-order valence-electron chi connectivity index (χ4n) is 3.17. The smallest absolute Gasteiger partial charge is 0.374 e. The summed E-state index contributed by atoms with van der Waals surface area (Å²) in [6, 6.07) is 6.95. The molecule has 1 aromatic carbocycles. The number of esters is 1. The van der Waals surface area contributed by atoms with Crippen molar-refractivity contribution in [3.63, 3.8) is 0 Å². The van der Waals surface area contributed by atoms with Gasteiger partial charge in [0.2, 0.25) is 5.76 Å². The maximum absolute atomic E-state index is 13.5. The molecule has 0 saturated carbocycles. The number of furan rings is 1. The van der Waals surface area contributed by atoms with Gasteiger partial charge in [-0.15, -0.1) is 0 Å². The number of carbonyl (C=O) groups excluding carboxylic acids is 1. The molecule has 2 heterocycles. The molecular weight excluding hydrogens is 297 g/mol. The summed E-state index contributed by atoms with van der Waals surface area (Å²) < 4.78 is 23.9. The van der Waals surface area contributed by atoms with Gasteiger partial charge in [-0.25, -0.2) is 9.18 Å². The second-order valence-corrected chi connectivity index (χ2v) is 5.96. The normalized spacial score (nSPS) is 17.8. The minimum Gasteiger partial charge on any atom is -0.463 e. The van der Waals surface area contributed by atoms with Crippen LogP contribution in [0.25, 0.3) is 0 Å². The summed E-state index contributed by atoms with van der Waals surface area (Å²) in [7, 11) is 1.34. The molecule has 1 aromatic heterocycles. The number of halogens is 1. The molecule has 4 nitrogen and oxygen atoms in total. The molecule has 1 aliphatic rings. The monoisotopic (exact) mass is 317 g/mol. The summed E-state index contributed by atoms with van der Waals surface area (Å²) in [5.74, 6) is 0.292. The number of hydrogen-bond donors (Lipinski definition) is 0. The fourth-order valence-corrected chi connectivity index (χ4v) is 3.17. The minimum atomic E-state index is -0.465. The van der Waals surface area contributed by atoms with Gasteiger partial charge in [-0.3, -0.25) is 4.90 Å². The van der Waals surface area contributed by atoms with E-state index in [-0.39, 0.29) is 17.6 Å². The van der Waals surface area contributed by atoms with Crippen molar-refractivity contribution in [2.75, 3.05) is 13.7 Å². The first-order chi connectivity index (χ1) is 11.0. The Morgan fingerprint density at radius 1 is 1.43 bits per heavy atom. The highest BCUT2D eigenvalue weighted by Gasteiger charge is 2.26. The van der Waals surface area contributed by atoms with Gasteiger partial charge in [0, 0.05) is 18.2 Å². The highest BCUT2D eigenvalue weighted by Crippen LogP contribution is 2.31. The van der Waals surface area contributed by atoms with E-state index in [0.29, 0.717) is 6.54 Å². The second kappa shape index (κ2) is 6.16. The topological polar surface area (TPSA) is 42.7 Å². The molecule has 1 aliphatic heterocycles. The largest absolute Gasteiger partial charge is 0.463 e. The standard InChI is InChI=1S/C18H20FNO3/c1-11-8-15(23-17(11)18(21)22-3)10-20-7-6-13-4-5-14(19)9-16(13)12(20)2/h4-5,8-9,12H,6-7,10H2,1-3H3. The Morgan fingerprint density at radius 2 is 2.22 bits per heavy atom. The molecule has 23 heavy (non-hydrogen) atoms. The van der Waals surface area contributed by atoms with Crippen molar-refractivity contribution in [1.82, 2.24) is 4.90 Å². The van der Waals surface area contributed by atoms with Gasteiger partial charge in [-0.05, 0) is 49.6 Å². The van der Waals surface area contributed by atoms with E-state index in [9.17, 15) is 9.18 Å². The average Bonchev–Trinajstić information content (AvgIpc) is 2.90. The Kier molecular flexibility index (Phi) is 4.22. The zero-order valence-electron chi connectivity index (χ0n) is 13.6. The van der Waals surface area contributed by atoms with Crippen LogP contribution in [0.5, 0.6) is 0 Å². The second-order valence-electron chi connectivity index (χ2n) is 5.96. The third kappa shape index (κ3) is 3.01. The van der Waals surface area contributed by atoms with Crippen LogP contribution in [0.1, 0.15) is 46.0 Å². The lowest BCUT2D eigenvalue weighted by Gasteiger charge is -2.34. The van der Waals surface area contributed by atoms with Crippen LogP contribution in [0.3, 0.4) is 0 Å². The van der Waals surface area contributed by atoms with Gasteiger partial charge < -0.3 is 9.15 Å². The van der Waals surface area contributed by atoms with Crippen LogP contribution < -0.4 is 0 Å². The number of nitrogens with zero attached hydrogens (tertiary/aromatic N) is 1. The van der Waals surface area contributed by atoms with E-state index >= 15 is 0 Å². The highest BCUT2D eigenvalue weighted by atomic mass is 19.1. The summed E-state index contributed by atoms with van der Waals surface area (Å²) in [6.45, 7) is 5.33. The first-order valence-electron chi connectivity index (χ1n) is 7.69. The van der Waals surface area contributed by atoms with Gasteiger partial charge in [-0.2, -0.15) is 0 Å². The molecule has 1 unspecified atom stereocenters. The average molecular weight is 317 g/mol. The number of fused-ring (bicyclic) bond motifs is 1. The number of carbonyl (C=O) groups is 1. The molecule has 0 N–H and O–H groups in total. The number of rotatable bonds is 3. The molecule has 1 atom stereocenters. The van der Waals surface area contributed by atoms with E-state index in [1.165, 1.54) is 18.7 Å². The van der Waals surface area contributed by atoms with Gasteiger partial charge in [0.15, 0.2) is 0 Å². The summed E-state index contributed by atoms with van der Waals surface area (Å²) in [5.41, 5.74) is 2.98. The van der Waals surface area contributed by atoms with Crippen LogP contribution in [-0.2, 0) is 17.7 Å². The first-order valence-corrected chi connectivity index (χ1v) is 7.69. The van der Waals surface area contributed by atoms with Crippen molar-refractivity contribution < 1.29 is 18.3 Å². The number of ether oxygens (including phenoxy) is 1. The van der Waals surface area contributed by atoms with E-state index in [1.807, 2.05) is 19.1 Å². The predicted molar refractivity (Wildman–Crippen MR) is 83.7 cm³/mol. The van der Waals surface area contributed by atoms with Crippen LogP contribution in [0.2, 0.25) is 0 Å². The Hall–Kier alpha value is -2.14. The molecule has 3 rings (SSSR count). The molecular formula is C18H20FNO3. The van der Waals surface area contributed by atoms with E-state index in [2.05, 4.69) is 11.8 Å². The summed E-state index contributed by atoms with van der Waals surface area (Å²) >= 11 is 0. The van der Waals surface area contributed by atoms with Crippen LogP contribution in [0, 0.1) is 12.7 Å². The molecule has 0 bridgehead atoms. The molecule has 0 spiro atoms. The molecule has 0 saturated heterocycles. The Labute approximate surface area is 134 Å². The van der Waals surface area contributed by atoms with Crippen molar-refractivity contribution in [2.45, 2.75) is 32.9 Å². The molecule has 0 aliphatic carbocycles. The number of aryl methyl sites for hydroxylation is 1. The van der Waals surface area contributed by atoms with Crippen molar-refractivity contribution >= 4 is 5.97 Å². The van der Waals surface area contributed by atoms with E-state index in [0.717, 1.165) is 29.9 Å². The SMILES string of the molecule is COC(=O)c1oc(CN2CCc3ccc(F)cc3C2C)cc1C. The molecule has 0 fully saturated rings. The Morgan fingerprint density at radius 3 is 2.96 bits per heavy atom. The molecule has 0 amide bonds. The van der Waals surface area contributed by atoms with E-state index in [4.69, 9.17) is 9.15 Å². The minimum absolute atomic E-state index is 0.0985. The van der Waals surface area contributed by atoms with Crippen LogP contribution in [0.15, 0.2) is 28.7 Å². The fraction of sp³-hybridized carbons (Fsp3) is 0.389. The van der Waals surface area contributed by atoms with Crippen LogP contribution >= 0.6 is 0 Å². The van der Waals surface area contributed by atoms with Gasteiger partial charge in [0.1, 0.15) is 11.6 Å². The lowest BCUT2D eigenvalue weighted by molar-refractivity contribution is 0.0559. The quantitative estimate of drug-likeness (QED) is 0.811. The molecule has 122 valence electrons. The van der Waals surface area contributed by atoms with Gasteiger partial charge in [0.05, 0.1) is 13.7 Å². The molecule has 0 radical (unpaired) electrons. The van der Waals surface area contributed by atoms with E-state index in [1.54, 1.807) is 6.07 Å². The summed E-state index contributed by atoms with van der Waals surface area (Å²) in [4.78, 5) is 13.9. The summed E-state index contributed by atoms with van der Waals surface area (Å²) in [6.07, 6.45) is 0.878. The molecule has 2 aromatic rings. The maximum Gasteiger partial charge on any atom is 0.374 e. The molecule has 5 heteroatoms. The number of methoxy groups -OCH3 is 1. The first kappa shape index (κ1) is 15.7. The third-order valence-corrected chi connectivity index (χ3v) is 4.47. The van der Waals surface area contributed by atoms with Gasteiger partial charge in [-0.1, -0.05) is 6.07 Å².